The van der Waals surface area contributed by atoms with Gasteiger partial charge >= 0.3 is 18.0 Å². The maximum absolute atomic E-state index is 12.0. The summed E-state index contributed by atoms with van der Waals surface area (Å²) in [7, 11) is 0. The summed E-state index contributed by atoms with van der Waals surface area (Å²) in [6.45, 7) is 4.18. The highest BCUT2D eigenvalue weighted by Crippen LogP contribution is 2.02. The third-order valence-corrected chi connectivity index (χ3v) is 4.11. The molecule has 0 aliphatic carbocycles. The van der Waals surface area contributed by atoms with Crippen LogP contribution >= 0.6 is 0 Å². The quantitative estimate of drug-likeness (QED) is 0.280. The molecule has 0 saturated carbocycles. The van der Waals surface area contributed by atoms with E-state index < -0.39 is 29.6 Å². The highest BCUT2D eigenvalue weighted by molar-refractivity contribution is 5.98. The monoisotopic (exact) mass is 434 g/mol. The number of nitrogens with one attached hydrogen (secondary N) is 6. The zero-order valence-corrected chi connectivity index (χ0v) is 17.2. The number of aliphatic carboxylic acids is 1. The number of rotatable bonds is 8. The number of hydrogen-bond acceptors (Lipinski definition) is 7. The Bertz CT molecular complexity index is 939. The molecule has 0 fully saturated rings. The van der Waals surface area contributed by atoms with Gasteiger partial charge in [-0.1, -0.05) is 0 Å². The second-order valence-electron chi connectivity index (χ2n) is 6.82. The molecule has 0 saturated heterocycles. The number of anilines is 1. The molecule has 1 aliphatic rings. The minimum atomic E-state index is -1.16. The van der Waals surface area contributed by atoms with Crippen molar-refractivity contribution in [1.29, 1.82) is 0 Å². The first kappa shape index (κ1) is 23.4. The number of guanidine groups is 1. The lowest BCUT2D eigenvalue weighted by molar-refractivity contribution is -0.139. The summed E-state index contributed by atoms with van der Waals surface area (Å²) in [5, 5.41) is 22.0. The Morgan fingerprint density at radius 1 is 1.19 bits per heavy atom. The van der Waals surface area contributed by atoms with E-state index in [1.165, 1.54) is 6.07 Å². The number of hydrogen-bond donors (Lipinski definition) is 7. The zero-order chi connectivity index (χ0) is 22.8. The van der Waals surface area contributed by atoms with Gasteiger partial charge in [0.25, 0.3) is 5.56 Å². The second-order valence-corrected chi connectivity index (χ2v) is 6.82. The number of aromatic nitrogens is 2. The summed E-state index contributed by atoms with van der Waals surface area (Å²) in [5.74, 6) is -0.877. The van der Waals surface area contributed by atoms with Crippen LogP contribution in [0.3, 0.4) is 0 Å². The zero-order valence-electron chi connectivity index (χ0n) is 17.2. The van der Waals surface area contributed by atoms with Crippen molar-refractivity contribution in [3.63, 3.8) is 0 Å². The Morgan fingerprint density at radius 3 is 2.65 bits per heavy atom. The number of unbranched alkanes of at least 4 members (excludes halogenated alkanes) is 1. The van der Waals surface area contributed by atoms with E-state index in [2.05, 4.69) is 41.5 Å². The first-order valence-corrected chi connectivity index (χ1v) is 9.64. The molecule has 1 unspecified atom stereocenters. The minimum absolute atomic E-state index is 0.0337. The molecule has 4 amide bonds. The van der Waals surface area contributed by atoms with Gasteiger partial charge < -0.3 is 26.0 Å². The topological polar surface area (TPSA) is 190 Å². The number of aromatic amines is 1. The van der Waals surface area contributed by atoms with E-state index in [-0.39, 0.29) is 24.9 Å². The van der Waals surface area contributed by atoms with E-state index in [4.69, 9.17) is 0 Å². The largest absolute Gasteiger partial charge is 0.480 e. The molecule has 0 bridgehead atoms. The summed E-state index contributed by atoms with van der Waals surface area (Å²) in [4.78, 5) is 57.0. The summed E-state index contributed by atoms with van der Waals surface area (Å²) in [6, 6.07) is -1.01. The Hall–Kier alpha value is -3.90. The molecule has 0 radical (unpaired) electrons. The van der Waals surface area contributed by atoms with Crippen LogP contribution in [-0.2, 0) is 4.79 Å². The maximum Gasteiger partial charge on any atom is 0.326 e. The van der Waals surface area contributed by atoms with Gasteiger partial charge in [0.1, 0.15) is 6.04 Å². The number of allylic oxidation sites excluding steroid dienone is 1. The molecule has 1 aromatic rings. The number of H-pyrrole nitrogens is 1. The first-order valence-electron chi connectivity index (χ1n) is 9.64. The van der Waals surface area contributed by atoms with Crippen molar-refractivity contribution >= 4 is 29.9 Å². The molecule has 7 N–H and O–H groups in total. The van der Waals surface area contributed by atoms with Crippen molar-refractivity contribution in [3.05, 3.63) is 33.9 Å². The SMILES string of the molecule is CC1=CCN=C(NC(=O)NC(CCCCNC(=O)Nc2nc(=O)cc(C)[nH]2)C(=O)O)N1. The Labute approximate surface area is 177 Å². The fourth-order valence-corrected chi connectivity index (χ4v) is 2.65. The molecule has 1 aromatic heterocycles. The van der Waals surface area contributed by atoms with E-state index in [1.54, 1.807) is 6.92 Å². The molecule has 2 heterocycles. The fraction of sp³-hybridized carbons (Fsp3) is 0.444. The lowest BCUT2D eigenvalue weighted by Gasteiger charge is -2.18. The van der Waals surface area contributed by atoms with Gasteiger partial charge in [-0.3, -0.25) is 15.4 Å². The van der Waals surface area contributed by atoms with Crippen LogP contribution in [0.2, 0.25) is 0 Å². The number of carbonyl (C=O) groups excluding carboxylic acids is 2. The predicted molar refractivity (Wildman–Crippen MR) is 113 cm³/mol. The normalized spacial score (nSPS) is 13.7. The molecule has 1 aliphatic heterocycles. The van der Waals surface area contributed by atoms with Crippen molar-refractivity contribution < 1.29 is 19.5 Å². The lowest BCUT2D eigenvalue weighted by atomic mass is 10.1. The van der Waals surface area contributed by atoms with Crippen molar-refractivity contribution in [2.75, 3.05) is 18.4 Å². The van der Waals surface area contributed by atoms with E-state index in [9.17, 15) is 24.3 Å². The number of nitrogens with zero attached hydrogens (tertiary/aromatic N) is 2. The van der Waals surface area contributed by atoms with E-state index in [1.807, 2.05) is 13.0 Å². The average molecular weight is 434 g/mol. The van der Waals surface area contributed by atoms with Crippen LogP contribution in [0.4, 0.5) is 15.5 Å². The summed E-state index contributed by atoms with van der Waals surface area (Å²) in [6.07, 6.45) is 2.94. The molecule has 0 spiro atoms. The van der Waals surface area contributed by atoms with E-state index >= 15 is 0 Å². The molecule has 13 nitrogen and oxygen atoms in total. The standard InChI is InChI=1S/C18H26N8O5/c1-10-6-8-19-15(21-10)25-18(31)23-12(14(28)29)5-3-4-7-20-17(30)26-16-22-11(2)9-13(27)24-16/h6,9,12H,3-5,7-8H2,1-2H3,(H,28,29)(H3,19,21,23,25,31)(H3,20,22,24,26,27,30). The van der Waals surface area contributed by atoms with Crippen LogP contribution in [0.1, 0.15) is 31.9 Å². The Kier molecular flexibility index (Phi) is 8.54. The molecule has 1 atom stereocenters. The fourth-order valence-electron chi connectivity index (χ4n) is 2.65. The van der Waals surface area contributed by atoms with E-state index in [0.717, 1.165) is 5.70 Å². The van der Waals surface area contributed by atoms with Gasteiger partial charge in [0.15, 0.2) is 0 Å². The van der Waals surface area contributed by atoms with Gasteiger partial charge in [0, 0.05) is 24.0 Å². The molecular weight excluding hydrogens is 408 g/mol. The van der Waals surface area contributed by atoms with Crippen molar-refractivity contribution in [3.8, 4) is 0 Å². The van der Waals surface area contributed by atoms with E-state index in [0.29, 0.717) is 25.1 Å². The molecule has 31 heavy (non-hydrogen) atoms. The predicted octanol–water partition coefficient (Wildman–Crippen LogP) is -0.0145. The summed E-state index contributed by atoms with van der Waals surface area (Å²) in [5.41, 5.74) is 0.923. The van der Waals surface area contributed by atoms with Gasteiger partial charge in [-0.25, -0.2) is 19.4 Å². The van der Waals surface area contributed by atoms with Crippen LogP contribution in [0.5, 0.6) is 0 Å². The van der Waals surface area contributed by atoms with Gasteiger partial charge in [0.2, 0.25) is 11.9 Å². The number of amides is 4. The lowest BCUT2D eigenvalue weighted by Crippen LogP contribution is -2.51. The molecular formula is C18H26N8O5. The van der Waals surface area contributed by atoms with Crippen molar-refractivity contribution in [2.45, 2.75) is 39.2 Å². The van der Waals surface area contributed by atoms with Crippen LogP contribution < -0.4 is 32.1 Å². The summed E-state index contributed by atoms with van der Waals surface area (Å²) < 4.78 is 0. The van der Waals surface area contributed by atoms with Gasteiger partial charge in [-0.05, 0) is 39.2 Å². The molecule has 13 heteroatoms. The molecule has 168 valence electrons. The second kappa shape index (κ2) is 11.3. The number of aliphatic imine (C=N–C) groups is 1. The highest BCUT2D eigenvalue weighted by Gasteiger charge is 2.20. The van der Waals surface area contributed by atoms with Gasteiger partial charge in [-0.2, -0.15) is 4.98 Å². The third-order valence-electron chi connectivity index (χ3n) is 4.11. The van der Waals surface area contributed by atoms with Crippen LogP contribution in [-0.4, -0.2) is 58.2 Å². The highest BCUT2D eigenvalue weighted by atomic mass is 16.4. The minimum Gasteiger partial charge on any atom is -0.480 e. The first-order chi connectivity index (χ1) is 14.7. The summed E-state index contributed by atoms with van der Waals surface area (Å²) >= 11 is 0. The average Bonchev–Trinajstić information content (AvgIpc) is 2.65. The number of aryl methyl sites for hydroxylation is 1. The third kappa shape index (κ3) is 8.55. The molecule has 2 rings (SSSR count). The Balaban J connectivity index is 1.68. The maximum atomic E-state index is 12.0. The van der Waals surface area contributed by atoms with Gasteiger partial charge in [-0.15, -0.1) is 0 Å². The molecule has 0 aromatic carbocycles. The van der Waals surface area contributed by atoms with Crippen molar-refractivity contribution in [1.82, 2.24) is 31.2 Å². The number of urea groups is 2. The van der Waals surface area contributed by atoms with Gasteiger partial charge in [0.05, 0.1) is 6.54 Å². The van der Waals surface area contributed by atoms with Crippen LogP contribution in [0.25, 0.3) is 0 Å². The number of carboxylic acid groups (broad SMARTS) is 1. The van der Waals surface area contributed by atoms with Crippen LogP contribution in [0.15, 0.2) is 27.6 Å². The number of carbonyl (C=O) groups is 3. The number of carboxylic acids is 1. The Morgan fingerprint density at radius 2 is 1.97 bits per heavy atom. The smallest absolute Gasteiger partial charge is 0.326 e. The van der Waals surface area contributed by atoms with Crippen LogP contribution in [0, 0.1) is 6.92 Å². The van der Waals surface area contributed by atoms with Crippen molar-refractivity contribution in [2.24, 2.45) is 4.99 Å².